The number of fused-ring (bicyclic) bond motifs is 1. The Kier molecular flexibility index (Phi) is 7.62. The minimum Gasteiger partial charge on any atom is -0.387 e. The molecule has 164 valence electrons. The highest BCUT2D eigenvalue weighted by Gasteiger charge is 2.13. The molecule has 0 saturated heterocycles. The number of methoxy groups -OCH3 is 1. The van der Waals surface area contributed by atoms with Gasteiger partial charge in [-0.15, -0.1) is 0 Å². The van der Waals surface area contributed by atoms with Gasteiger partial charge < -0.3 is 20.5 Å². The predicted molar refractivity (Wildman–Crippen MR) is 122 cm³/mol. The molecule has 0 bridgehead atoms. The first-order valence-electron chi connectivity index (χ1n) is 9.86. The summed E-state index contributed by atoms with van der Waals surface area (Å²) in [6.07, 6.45) is -0.854. The van der Waals surface area contributed by atoms with Crippen LogP contribution < -0.4 is 10.6 Å². The van der Waals surface area contributed by atoms with Gasteiger partial charge in [-0.3, -0.25) is 0 Å². The van der Waals surface area contributed by atoms with E-state index in [-0.39, 0.29) is 24.7 Å². The standard InChI is InChI=1S/C23H26N2O5S/c1-30-11-12-31(28,29)16-17-5-4-8-21(13-17)25-23(27)24-15-22(26)20-10-9-18-6-2-3-7-19(18)14-20/h2-10,13-14,22,26H,11-12,15-16H2,1H3,(H2,24,25,27). The average molecular weight is 443 g/mol. The van der Waals surface area contributed by atoms with E-state index in [1.807, 2.05) is 42.5 Å². The maximum absolute atomic E-state index is 12.2. The van der Waals surface area contributed by atoms with Crippen LogP contribution in [0.3, 0.4) is 0 Å². The van der Waals surface area contributed by atoms with E-state index in [1.54, 1.807) is 24.3 Å². The predicted octanol–water partition coefficient (Wildman–Crippen LogP) is 3.26. The highest BCUT2D eigenvalue weighted by atomic mass is 32.2. The second-order valence-electron chi connectivity index (χ2n) is 7.24. The van der Waals surface area contributed by atoms with Gasteiger partial charge in [0.2, 0.25) is 0 Å². The molecule has 3 aromatic rings. The third-order valence-electron chi connectivity index (χ3n) is 4.78. The molecule has 3 N–H and O–H groups in total. The van der Waals surface area contributed by atoms with Gasteiger partial charge in [0.15, 0.2) is 9.84 Å². The van der Waals surface area contributed by atoms with Crippen LogP contribution >= 0.6 is 0 Å². The van der Waals surface area contributed by atoms with Crippen LogP contribution in [0.25, 0.3) is 10.8 Å². The number of sulfone groups is 1. The number of carbonyl (C=O) groups excluding carboxylic acids is 1. The quantitative estimate of drug-likeness (QED) is 0.472. The molecule has 3 aromatic carbocycles. The molecule has 3 rings (SSSR count). The number of urea groups is 1. The Morgan fingerprint density at radius 3 is 2.58 bits per heavy atom. The fraction of sp³-hybridized carbons (Fsp3) is 0.261. The van der Waals surface area contributed by atoms with Gasteiger partial charge in [0.1, 0.15) is 0 Å². The van der Waals surface area contributed by atoms with Crippen molar-refractivity contribution < 1.29 is 23.1 Å². The van der Waals surface area contributed by atoms with E-state index in [1.165, 1.54) is 7.11 Å². The molecule has 0 radical (unpaired) electrons. The number of benzene rings is 3. The molecule has 1 unspecified atom stereocenters. The first-order chi connectivity index (χ1) is 14.9. The number of aliphatic hydroxyl groups is 1. The Labute approximate surface area is 182 Å². The molecule has 0 aliphatic heterocycles. The van der Waals surface area contributed by atoms with Crippen LogP contribution in [0.4, 0.5) is 10.5 Å². The van der Waals surface area contributed by atoms with E-state index in [0.717, 1.165) is 10.8 Å². The number of anilines is 1. The molecular formula is C23H26N2O5S. The molecule has 0 aromatic heterocycles. The molecule has 0 fully saturated rings. The molecular weight excluding hydrogens is 416 g/mol. The topological polar surface area (TPSA) is 105 Å². The lowest BCUT2D eigenvalue weighted by Gasteiger charge is -2.14. The molecule has 0 heterocycles. The summed E-state index contributed by atoms with van der Waals surface area (Å²) in [6.45, 7) is 0.178. The monoisotopic (exact) mass is 442 g/mol. The summed E-state index contributed by atoms with van der Waals surface area (Å²) in [5.74, 6) is -0.192. The van der Waals surface area contributed by atoms with Crippen molar-refractivity contribution in [3.8, 4) is 0 Å². The highest BCUT2D eigenvalue weighted by molar-refractivity contribution is 7.90. The number of hydrogen-bond acceptors (Lipinski definition) is 5. The number of aliphatic hydroxyl groups excluding tert-OH is 1. The van der Waals surface area contributed by atoms with Crippen molar-refractivity contribution in [3.63, 3.8) is 0 Å². The first-order valence-corrected chi connectivity index (χ1v) is 11.7. The Morgan fingerprint density at radius 1 is 1.03 bits per heavy atom. The Balaban J connectivity index is 1.55. The van der Waals surface area contributed by atoms with Crippen molar-refractivity contribution in [2.75, 3.05) is 31.3 Å². The number of amides is 2. The molecule has 2 amide bonds. The summed E-state index contributed by atoms with van der Waals surface area (Å²) < 4.78 is 29.0. The summed E-state index contributed by atoms with van der Waals surface area (Å²) in [5, 5.41) is 17.8. The van der Waals surface area contributed by atoms with E-state index >= 15 is 0 Å². The van der Waals surface area contributed by atoms with Crippen molar-refractivity contribution in [1.29, 1.82) is 0 Å². The lowest BCUT2D eigenvalue weighted by Crippen LogP contribution is -2.32. The Morgan fingerprint density at radius 2 is 1.81 bits per heavy atom. The minimum atomic E-state index is -3.30. The lowest BCUT2D eigenvalue weighted by molar-refractivity contribution is 0.175. The summed E-state index contributed by atoms with van der Waals surface area (Å²) in [4.78, 5) is 12.2. The zero-order valence-electron chi connectivity index (χ0n) is 17.2. The van der Waals surface area contributed by atoms with Crippen LogP contribution in [-0.2, 0) is 20.3 Å². The van der Waals surface area contributed by atoms with Crippen molar-refractivity contribution in [3.05, 3.63) is 77.9 Å². The van der Waals surface area contributed by atoms with Crippen LogP contribution in [0, 0.1) is 0 Å². The van der Waals surface area contributed by atoms with Gasteiger partial charge in [0, 0.05) is 19.3 Å². The number of hydrogen-bond donors (Lipinski definition) is 3. The molecule has 31 heavy (non-hydrogen) atoms. The Bertz CT molecular complexity index is 1150. The van der Waals surface area contributed by atoms with Crippen LogP contribution in [0.1, 0.15) is 17.2 Å². The van der Waals surface area contributed by atoms with Gasteiger partial charge in [-0.1, -0.05) is 48.5 Å². The summed E-state index contributed by atoms with van der Waals surface area (Å²) in [7, 11) is -1.84. The van der Waals surface area contributed by atoms with Gasteiger partial charge in [-0.05, 0) is 40.1 Å². The second-order valence-corrected chi connectivity index (χ2v) is 9.43. The fourth-order valence-corrected chi connectivity index (χ4v) is 4.43. The minimum absolute atomic E-state index is 0.0370. The van der Waals surface area contributed by atoms with Crippen molar-refractivity contribution in [2.24, 2.45) is 0 Å². The average Bonchev–Trinajstić information content (AvgIpc) is 2.75. The molecule has 8 heteroatoms. The number of carbonyl (C=O) groups is 1. The number of nitrogens with one attached hydrogen (secondary N) is 2. The zero-order chi connectivity index (χ0) is 22.3. The summed E-state index contributed by atoms with van der Waals surface area (Å²) >= 11 is 0. The molecule has 0 aliphatic carbocycles. The van der Waals surface area contributed by atoms with Crippen molar-refractivity contribution in [1.82, 2.24) is 5.32 Å². The summed E-state index contributed by atoms with van der Waals surface area (Å²) in [5.41, 5.74) is 1.75. The van der Waals surface area contributed by atoms with Gasteiger partial charge >= 0.3 is 6.03 Å². The normalized spacial score (nSPS) is 12.5. The fourth-order valence-electron chi connectivity index (χ4n) is 3.17. The lowest BCUT2D eigenvalue weighted by atomic mass is 10.0. The van der Waals surface area contributed by atoms with Gasteiger partial charge in [0.05, 0.1) is 24.2 Å². The van der Waals surface area contributed by atoms with E-state index in [0.29, 0.717) is 16.8 Å². The van der Waals surface area contributed by atoms with E-state index in [9.17, 15) is 18.3 Å². The second kappa shape index (κ2) is 10.4. The van der Waals surface area contributed by atoms with Crippen LogP contribution in [0.5, 0.6) is 0 Å². The van der Waals surface area contributed by atoms with Gasteiger partial charge in [-0.2, -0.15) is 0 Å². The SMILES string of the molecule is COCCS(=O)(=O)Cc1cccc(NC(=O)NCC(O)c2ccc3ccccc3c2)c1. The molecule has 1 atom stereocenters. The third kappa shape index (κ3) is 6.78. The highest BCUT2D eigenvalue weighted by Crippen LogP contribution is 2.20. The van der Waals surface area contributed by atoms with Crippen molar-refractivity contribution >= 4 is 32.3 Å². The van der Waals surface area contributed by atoms with E-state index in [2.05, 4.69) is 10.6 Å². The van der Waals surface area contributed by atoms with Crippen LogP contribution in [-0.4, -0.2) is 45.6 Å². The van der Waals surface area contributed by atoms with Crippen LogP contribution in [0.2, 0.25) is 0 Å². The van der Waals surface area contributed by atoms with E-state index in [4.69, 9.17) is 4.74 Å². The van der Waals surface area contributed by atoms with Gasteiger partial charge in [0.25, 0.3) is 0 Å². The van der Waals surface area contributed by atoms with Crippen LogP contribution in [0.15, 0.2) is 66.7 Å². The van der Waals surface area contributed by atoms with Gasteiger partial charge in [-0.25, -0.2) is 13.2 Å². The molecule has 0 spiro atoms. The number of rotatable bonds is 9. The first kappa shape index (κ1) is 22.7. The maximum Gasteiger partial charge on any atom is 0.319 e. The molecule has 0 aliphatic rings. The molecule has 7 nitrogen and oxygen atoms in total. The van der Waals surface area contributed by atoms with Crippen molar-refractivity contribution in [2.45, 2.75) is 11.9 Å². The number of ether oxygens (including phenoxy) is 1. The third-order valence-corrected chi connectivity index (χ3v) is 6.35. The zero-order valence-corrected chi connectivity index (χ0v) is 18.1. The smallest absolute Gasteiger partial charge is 0.319 e. The molecule has 0 saturated carbocycles. The summed E-state index contributed by atoms with van der Waals surface area (Å²) in [6, 6.07) is 19.7. The maximum atomic E-state index is 12.2. The Hall–Kier alpha value is -2.94. The van der Waals surface area contributed by atoms with E-state index < -0.39 is 22.0 Å². The largest absolute Gasteiger partial charge is 0.387 e.